The largest absolute Gasteiger partial charge is 0.368 e. The minimum absolute atomic E-state index is 0.305. The first-order chi connectivity index (χ1) is 8.61. The molecule has 0 radical (unpaired) electrons. The van der Waals surface area contributed by atoms with Crippen LogP contribution in [0.2, 0.25) is 0 Å². The van der Waals surface area contributed by atoms with Crippen molar-refractivity contribution < 1.29 is 4.39 Å². The Morgan fingerprint density at radius 3 is 2.83 bits per heavy atom. The van der Waals surface area contributed by atoms with Crippen LogP contribution in [0.1, 0.15) is 18.2 Å². The highest BCUT2D eigenvalue weighted by Gasteiger charge is 2.11. The van der Waals surface area contributed by atoms with Gasteiger partial charge in [0.25, 0.3) is 0 Å². The molecular formula is C13H17FN4. The summed E-state index contributed by atoms with van der Waals surface area (Å²) >= 11 is 0. The number of anilines is 1. The van der Waals surface area contributed by atoms with Gasteiger partial charge in [0.1, 0.15) is 0 Å². The van der Waals surface area contributed by atoms with E-state index in [-0.39, 0.29) is 5.82 Å². The van der Waals surface area contributed by atoms with Gasteiger partial charge >= 0.3 is 0 Å². The Morgan fingerprint density at radius 1 is 1.44 bits per heavy atom. The third kappa shape index (κ3) is 2.50. The smallest absolute Gasteiger partial charge is 0.164 e. The maximum atomic E-state index is 13.6. The molecule has 5 heteroatoms. The maximum Gasteiger partial charge on any atom is 0.164 e. The molecule has 4 nitrogen and oxygen atoms in total. The minimum Gasteiger partial charge on any atom is -0.368 e. The molecule has 2 aromatic heterocycles. The summed E-state index contributed by atoms with van der Waals surface area (Å²) in [4.78, 5) is 5.61. The van der Waals surface area contributed by atoms with Crippen LogP contribution in [0.4, 0.5) is 10.1 Å². The van der Waals surface area contributed by atoms with Crippen molar-refractivity contribution in [2.45, 2.75) is 26.9 Å². The van der Waals surface area contributed by atoms with Gasteiger partial charge in [0, 0.05) is 38.1 Å². The van der Waals surface area contributed by atoms with Crippen LogP contribution in [0.3, 0.4) is 0 Å². The van der Waals surface area contributed by atoms with Crippen molar-refractivity contribution in [2.75, 3.05) is 11.9 Å². The molecule has 0 amide bonds. The predicted molar refractivity (Wildman–Crippen MR) is 68.9 cm³/mol. The topological polar surface area (TPSA) is 34.0 Å². The van der Waals surface area contributed by atoms with Crippen molar-refractivity contribution in [1.29, 1.82) is 0 Å². The molecule has 0 saturated carbocycles. The first-order valence-electron chi connectivity index (χ1n) is 5.95. The fraction of sp³-hybridized carbons (Fsp3) is 0.385. The van der Waals surface area contributed by atoms with E-state index in [1.807, 2.05) is 36.7 Å². The molecule has 0 aliphatic rings. The molecule has 2 heterocycles. The van der Waals surface area contributed by atoms with E-state index in [4.69, 9.17) is 0 Å². The predicted octanol–water partition coefficient (Wildman–Crippen LogP) is 2.38. The Balaban J connectivity index is 2.18. The highest BCUT2D eigenvalue weighted by molar-refractivity contribution is 5.46. The molecule has 0 aliphatic heterocycles. The van der Waals surface area contributed by atoms with Gasteiger partial charge in [0.05, 0.1) is 17.6 Å². The standard InChI is InChI=1S/C13H17FN4/c1-4-18-9-11(10(2)16-18)8-17(3)13-5-6-15-7-12(13)14/h5-7,9H,4,8H2,1-3H3. The number of halogens is 1. The molecule has 18 heavy (non-hydrogen) atoms. The molecule has 0 atom stereocenters. The molecule has 0 saturated heterocycles. The first-order valence-corrected chi connectivity index (χ1v) is 5.95. The van der Waals surface area contributed by atoms with Gasteiger partial charge in [0.2, 0.25) is 0 Å². The molecule has 2 rings (SSSR count). The fourth-order valence-electron chi connectivity index (χ4n) is 1.89. The van der Waals surface area contributed by atoms with E-state index in [0.29, 0.717) is 12.2 Å². The zero-order chi connectivity index (χ0) is 13.1. The summed E-state index contributed by atoms with van der Waals surface area (Å²) in [5, 5.41) is 4.38. The van der Waals surface area contributed by atoms with Gasteiger partial charge in [-0.3, -0.25) is 9.67 Å². The minimum atomic E-state index is -0.305. The molecule has 96 valence electrons. The summed E-state index contributed by atoms with van der Waals surface area (Å²) < 4.78 is 15.5. The van der Waals surface area contributed by atoms with Gasteiger partial charge in [-0.1, -0.05) is 0 Å². The Kier molecular flexibility index (Phi) is 3.60. The van der Waals surface area contributed by atoms with Crippen LogP contribution in [-0.2, 0) is 13.1 Å². The summed E-state index contributed by atoms with van der Waals surface area (Å²) in [6.07, 6.45) is 4.83. The van der Waals surface area contributed by atoms with Crippen LogP contribution in [0.25, 0.3) is 0 Å². The van der Waals surface area contributed by atoms with E-state index in [0.717, 1.165) is 17.8 Å². The molecule has 0 N–H and O–H groups in total. The highest BCUT2D eigenvalue weighted by atomic mass is 19.1. The fourth-order valence-corrected chi connectivity index (χ4v) is 1.89. The quantitative estimate of drug-likeness (QED) is 0.833. The van der Waals surface area contributed by atoms with Crippen LogP contribution in [-0.4, -0.2) is 21.8 Å². The highest BCUT2D eigenvalue weighted by Crippen LogP contribution is 2.19. The van der Waals surface area contributed by atoms with Crippen molar-refractivity contribution in [3.63, 3.8) is 0 Å². The molecule has 0 bridgehead atoms. The average Bonchev–Trinajstić information content (AvgIpc) is 2.70. The molecule has 0 aromatic carbocycles. The number of aromatic nitrogens is 3. The van der Waals surface area contributed by atoms with Crippen molar-refractivity contribution in [3.05, 3.63) is 41.7 Å². The Labute approximate surface area is 106 Å². The molecule has 0 unspecified atom stereocenters. The summed E-state index contributed by atoms with van der Waals surface area (Å²) in [5.41, 5.74) is 2.64. The second-order valence-corrected chi connectivity index (χ2v) is 4.28. The number of aryl methyl sites for hydroxylation is 2. The number of rotatable bonds is 4. The van der Waals surface area contributed by atoms with Crippen LogP contribution in [0, 0.1) is 12.7 Å². The molecule has 0 aliphatic carbocycles. The summed E-state index contributed by atoms with van der Waals surface area (Å²) in [6, 6.07) is 1.68. The van der Waals surface area contributed by atoms with E-state index in [9.17, 15) is 4.39 Å². The lowest BCUT2D eigenvalue weighted by atomic mass is 10.2. The summed E-state index contributed by atoms with van der Waals surface area (Å²) in [5.74, 6) is -0.305. The van der Waals surface area contributed by atoms with E-state index >= 15 is 0 Å². The lowest BCUT2D eigenvalue weighted by molar-refractivity contribution is 0.616. The zero-order valence-electron chi connectivity index (χ0n) is 10.9. The third-order valence-corrected chi connectivity index (χ3v) is 2.94. The van der Waals surface area contributed by atoms with Gasteiger partial charge in [0.15, 0.2) is 5.82 Å². The Hall–Kier alpha value is -1.91. The van der Waals surface area contributed by atoms with Gasteiger partial charge in [-0.15, -0.1) is 0 Å². The maximum absolute atomic E-state index is 13.6. The van der Waals surface area contributed by atoms with E-state index in [1.165, 1.54) is 6.20 Å². The van der Waals surface area contributed by atoms with E-state index in [1.54, 1.807) is 12.3 Å². The first kappa shape index (κ1) is 12.5. The SMILES string of the molecule is CCn1cc(CN(C)c2ccncc2F)c(C)n1. The van der Waals surface area contributed by atoms with Gasteiger partial charge < -0.3 is 4.90 Å². The average molecular weight is 248 g/mol. The number of nitrogens with zero attached hydrogens (tertiary/aromatic N) is 4. The number of pyridine rings is 1. The summed E-state index contributed by atoms with van der Waals surface area (Å²) in [7, 11) is 1.86. The van der Waals surface area contributed by atoms with Gasteiger partial charge in [-0.2, -0.15) is 5.10 Å². The third-order valence-electron chi connectivity index (χ3n) is 2.94. The zero-order valence-corrected chi connectivity index (χ0v) is 10.9. The number of hydrogen-bond acceptors (Lipinski definition) is 3. The number of hydrogen-bond donors (Lipinski definition) is 0. The van der Waals surface area contributed by atoms with Gasteiger partial charge in [-0.25, -0.2) is 4.39 Å². The molecule has 0 fully saturated rings. The normalized spacial score (nSPS) is 10.7. The monoisotopic (exact) mass is 248 g/mol. The lowest BCUT2D eigenvalue weighted by Crippen LogP contribution is -2.18. The van der Waals surface area contributed by atoms with Crippen molar-refractivity contribution >= 4 is 5.69 Å². The second kappa shape index (κ2) is 5.16. The van der Waals surface area contributed by atoms with Crippen molar-refractivity contribution in [3.8, 4) is 0 Å². The Bertz CT molecular complexity index is 536. The van der Waals surface area contributed by atoms with Crippen LogP contribution >= 0.6 is 0 Å². The van der Waals surface area contributed by atoms with Crippen LogP contribution in [0.5, 0.6) is 0 Å². The van der Waals surface area contributed by atoms with Crippen molar-refractivity contribution in [1.82, 2.24) is 14.8 Å². The molecule has 0 spiro atoms. The van der Waals surface area contributed by atoms with E-state index < -0.39 is 0 Å². The van der Waals surface area contributed by atoms with Crippen LogP contribution < -0.4 is 4.90 Å². The van der Waals surface area contributed by atoms with Gasteiger partial charge in [-0.05, 0) is 19.9 Å². The summed E-state index contributed by atoms with van der Waals surface area (Å²) in [6.45, 7) is 5.49. The molecule has 2 aromatic rings. The molecular weight excluding hydrogens is 231 g/mol. The van der Waals surface area contributed by atoms with Crippen molar-refractivity contribution in [2.24, 2.45) is 0 Å². The van der Waals surface area contributed by atoms with Crippen LogP contribution in [0.15, 0.2) is 24.7 Å². The van der Waals surface area contributed by atoms with E-state index in [2.05, 4.69) is 10.1 Å². The lowest BCUT2D eigenvalue weighted by Gasteiger charge is -2.19. The second-order valence-electron chi connectivity index (χ2n) is 4.28. The Morgan fingerprint density at radius 2 is 2.22 bits per heavy atom.